The van der Waals surface area contributed by atoms with Crippen molar-refractivity contribution in [2.24, 2.45) is 11.8 Å². The van der Waals surface area contributed by atoms with Gasteiger partial charge in [0, 0.05) is 38.4 Å². The first kappa shape index (κ1) is 16.5. The van der Waals surface area contributed by atoms with Crippen molar-refractivity contribution in [3.8, 4) is 0 Å². The number of hydrogen-bond acceptors (Lipinski definition) is 3. The summed E-state index contributed by atoms with van der Waals surface area (Å²) in [4.78, 5) is 41.3. The highest BCUT2D eigenvalue weighted by Crippen LogP contribution is 2.42. The van der Waals surface area contributed by atoms with Crippen molar-refractivity contribution in [3.05, 3.63) is 30.3 Å². The van der Waals surface area contributed by atoms with Crippen LogP contribution in [0.4, 0.5) is 5.69 Å². The number of hydrogen-bond donors (Lipinski definition) is 0. The van der Waals surface area contributed by atoms with Gasteiger partial charge in [0.1, 0.15) is 0 Å². The van der Waals surface area contributed by atoms with Gasteiger partial charge in [0.05, 0.1) is 11.8 Å². The fourth-order valence-electron chi connectivity index (χ4n) is 3.30. The summed E-state index contributed by atoms with van der Waals surface area (Å²) in [6, 6.07) is 9.57. The Hall–Kier alpha value is -2.37. The zero-order chi connectivity index (χ0) is 17.1. The molecule has 2 unspecified atom stereocenters. The number of carbonyl (C=O) groups is 3. The molecule has 2 atom stereocenters. The Morgan fingerprint density at radius 2 is 1.79 bits per heavy atom. The fraction of sp³-hybridized carbons (Fsp3) is 0.500. The van der Waals surface area contributed by atoms with Crippen LogP contribution in [0.1, 0.15) is 13.3 Å². The van der Waals surface area contributed by atoms with E-state index in [0.29, 0.717) is 39.1 Å². The number of anilines is 1. The molecular formula is C18H23N3O3. The van der Waals surface area contributed by atoms with Gasteiger partial charge in [-0.2, -0.15) is 0 Å². The Morgan fingerprint density at radius 1 is 1.12 bits per heavy atom. The van der Waals surface area contributed by atoms with Crippen molar-refractivity contribution in [1.29, 1.82) is 0 Å². The Balaban J connectivity index is 1.59. The molecule has 0 radical (unpaired) electrons. The molecule has 3 rings (SSSR count). The Morgan fingerprint density at radius 3 is 2.38 bits per heavy atom. The van der Waals surface area contributed by atoms with E-state index in [1.54, 1.807) is 14.7 Å². The summed E-state index contributed by atoms with van der Waals surface area (Å²) >= 11 is 0. The first-order valence-electron chi connectivity index (χ1n) is 8.50. The lowest BCUT2D eigenvalue weighted by atomic mass is 10.2. The molecule has 0 aromatic heterocycles. The Labute approximate surface area is 142 Å². The minimum Gasteiger partial charge on any atom is -0.342 e. The molecule has 1 saturated carbocycles. The molecule has 1 saturated heterocycles. The van der Waals surface area contributed by atoms with E-state index < -0.39 is 0 Å². The minimum atomic E-state index is -0.207. The molecule has 0 bridgehead atoms. The van der Waals surface area contributed by atoms with Crippen LogP contribution in [0.3, 0.4) is 0 Å². The van der Waals surface area contributed by atoms with Gasteiger partial charge in [-0.25, -0.2) is 0 Å². The van der Waals surface area contributed by atoms with E-state index in [9.17, 15) is 14.4 Å². The van der Waals surface area contributed by atoms with Crippen molar-refractivity contribution >= 4 is 23.9 Å². The average Bonchev–Trinajstić information content (AvgIpc) is 3.43. The SMILES string of the molecule is CCN(C(=O)C1CC1C(=O)N1CCN(C=O)CC1)c1ccccc1. The normalized spacial score (nSPS) is 22.9. The van der Waals surface area contributed by atoms with Crippen LogP contribution >= 0.6 is 0 Å². The summed E-state index contributed by atoms with van der Waals surface area (Å²) in [6.07, 6.45) is 1.46. The van der Waals surface area contributed by atoms with Crippen LogP contribution < -0.4 is 4.90 Å². The number of benzene rings is 1. The van der Waals surface area contributed by atoms with Crippen LogP contribution in [0.25, 0.3) is 0 Å². The third kappa shape index (κ3) is 3.27. The lowest BCUT2D eigenvalue weighted by molar-refractivity contribution is -0.137. The van der Waals surface area contributed by atoms with E-state index >= 15 is 0 Å². The second-order valence-electron chi connectivity index (χ2n) is 6.33. The number of carbonyl (C=O) groups excluding carboxylic acids is 3. The standard InChI is InChI=1S/C18H23N3O3/c1-2-21(14-6-4-3-5-7-14)18(24)16-12-15(16)17(23)20-10-8-19(13-22)9-11-20/h3-7,13,15-16H,2,8-12H2,1H3. The smallest absolute Gasteiger partial charge is 0.230 e. The van der Waals surface area contributed by atoms with E-state index in [-0.39, 0.29) is 23.7 Å². The van der Waals surface area contributed by atoms with Crippen molar-refractivity contribution in [3.63, 3.8) is 0 Å². The van der Waals surface area contributed by atoms with Crippen LogP contribution in [0, 0.1) is 11.8 Å². The largest absolute Gasteiger partial charge is 0.342 e. The summed E-state index contributed by atoms with van der Waals surface area (Å²) in [6.45, 7) is 4.81. The van der Waals surface area contributed by atoms with E-state index in [1.807, 2.05) is 37.3 Å². The summed E-state index contributed by atoms with van der Waals surface area (Å²) in [5, 5.41) is 0. The highest BCUT2D eigenvalue weighted by atomic mass is 16.2. The van der Waals surface area contributed by atoms with Crippen molar-refractivity contribution < 1.29 is 14.4 Å². The first-order chi connectivity index (χ1) is 11.7. The van der Waals surface area contributed by atoms with Crippen molar-refractivity contribution in [1.82, 2.24) is 9.80 Å². The Kier molecular flexibility index (Phi) is 4.83. The van der Waals surface area contributed by atoms with Crippen LogP contribution in [-0.2, 0) is 14.4 Å². The molecule has 2 aliphatic rings. The molecule has 24 heavy (non-hydrogen) atoms. The van der Waals surface area contributed by atoms with Crippen molar-refractivity contribution in [2.45, 2.75) is 13.3 Å². The molecule has 0 spiro atoms. The molecule has 128 valence electrons. The number of amides is 3. The lowest BCUT2D eigenvalue weighted by Crippen LogP contribution is -2.49. The van der Waals surface area contributed by atoms with Crippen molar-refractivity contribution in [2.75, 3.05) is 37.6 Å². The van der Waals surface area contributed by atoms with Gasteiger partial charge in [0.15, 0.2) is 0 Å². The molecular weight excluding hydrogens is 306 g/mol. The molecule has 2 fully saturated rings. The van der Waals surface area contributed by atoms with E-state index in [0.717, 1.165) is 12.1 Å². The number of para-hydroxylation sites is 1. The maximum absolute atomic E-state index is 12.7. The highest BCUT2D eigenvalue weighted by Gasteiger charge is 2.51. The van der Waals surface area contributed by atoms with Crippen LogP contribution in [0.2, 0.25) is 0 Å². The van der Waals surface area contributed by atoms with Gasteiger partial charge >= 0.3 is 0 Å². The molecule has 1 aromatic carbocycles. The Bertz CT molecular complexity index is 611. The highest BCUT2D eigenvalue weighted by molar-refractivity contribution is 6.01. The van der Waals surface area contributed by atoms with Gasteiger partial charge in [-0.1, -0.05) is 18.2 Å². The zero-order valence-corrected chi connectivity index (χ0v) is 13.9. The lowest BCUT2D eigenvalue weighted by Gasteiger charge is -2.32. The van der Waals surface area contributed by atoms with Crippen LogP contribution in [0.5, 0.6) is 0 Å². The maximum Gasteiger partial charge on any atom is 0.230 e. The summed E-state index contributed by atoms with van der Waals surface area (Å²) in [5.74, 6) is -0.309. The first-order valence-corrected chi connectivity index (χ1v) is 8.50. The zero-order valence-electron chi connectivity index (χ0n) is 13.9. The number of piperazine rings is 1. The summed E-state index contributed by atoms with van der Waals surface area (Å²) in [5.41, 5.74) is 0.877. The molecule has 6 heteroatoms. The maximum atomic E-state index is 12.7. The molecule has 1 aliphatic heterocycles. The molecule has 1 aliphatic carbocycles. The van der Waals surface area contributed by atoms with Crippen LogP contribution in [0.15, 0.2) is 30.3 Å². The fourth-order valence-corrected chi connectivity index (χ4v) is 3.30. The topological polar surface area (TPSA) is 60.9 Å². The van der Waals surface area contributed by atoms with Gasteiger partial charge in [-0.05, 0) is 25.5 Å². The molecule has 1 heterocycles. The van der Waals surface area contributed by atoms with E-state index in [1.165, 1.54) is 0 Å². The summed E-state index contributed by atoms with van der Waals surface area (Å²) < 4.78 is 0. The second kappa shape index (κ2) is 7.03. The average molecular weight is 329 g/mol. The summed E-state index contributed by atoms with van der Waals surface area (Å²) in [7, 11) is 0. The van der Waals surface area contributed by atoms with E-state index in [2.05, 4.69) is 0 Å². The third-order valence-electron chi connectivity index (χ3n) is 4.85. The predicted octanol–water partition coefficient (Wildman–Crippen LogP) is 0.976. The van der Waals surface area contributed by atoms with Gasteiger partial charge < -0.3 is 14.7 Å². The third-order valence-corrected chi connectivity index (χ3v) is 4.85. The molecule has 6 nitrogen and oxygen atoms in total. The van der Waals surface area contributed by atoms with Crippen LogP contribution in [-0.4, -0.2) is 60.7 Å². The minimum absolute atomic E-state index is 0.0357. The van der Waals surface area contributed by atoms with Gasteiger partial charge in [-0.3, -0.25) is 14.4 Å². The van der Waals surface area contributed by atoms with Gasteiger partial charge in [-0.15, -0.1) is 0 Å². The quantitative estimate of drug-likeness (QED) is 0.757. The molecule has 1 aromatic rings. The second-order valence-corrected chi connectivity index (χ2v) is 6.33. The van der Waals surface area contributed by atoms with E-state index in [4.69, 9.17) is 0 Å². The monoisotopic (exact) mass is 329 g/mol. The molecule has 0 N–H and O–H groups in total. The number of rotatable bonds is 5. The predicted molar refractivity (Wildman–Crippen MR) is 90.3 cm³/mol. The molecule has 3 amide bonds. The number of nitrogens with zero attached hydrogens (tertiary/aromatic N) is 3. The van der Waals surface area contributed by atoms with Gasteiger partial charge in [0.2, 0.25) is 18.2 Å². The van der Waals surface area contributed by atoms with Gasteiger partial charge in [0.25, 0.3) is 0 Å².